The molecule has 0 fully saturated rings. The molecule has 0 bridgehead atoms. The maximum atomic E-state index is 5.63. The normalized spacial score (nSPS) is 9.80. The fraction of sp³-hybridized carbons (Fsp3) is 0.143. The Balaban J connectivity index is 3.17. The van der Waals surface area contributed by atoms with E-state index in [1.807, 2.05) is 25.1 Å². The predicted molar refractivity (Wildman–Crippen MR) is 45.6 cm³/mol. The molecule has 0 amide bonds. The number of benzene rings is 1. The van der Waals surface area contributed by atoms with E-state index >= 15 is 0 Å². The number of hydrogen-bond donors (Lipinski definition) is 2. The van der Waals surface area contributed by atoms with Crippen molar-refractivity contribution in [1.29, 1.82) is 0 Å². The van der Waals surface area contributed by atoms with E-state index in [1.165, 1.54) is 11.9 Å². The Labute approximate surface area is 64.7 Å². The number of nitrogens with two attached hydrogens (primary N) is 2. The summed E-state index contributed by atoms with van der Waals surface area (Å²) in [6.07, 6.45) is 0. The highest BCUT2D eigenvalue weighted by molar-refractivity contribution is 7.97. The Morgan fingerprint density at radius 1 is 1.40 bits per heavy atom. The van der Waals surface area contributed by atoms with Crippen LogP contribution in [0.4, 0.5) is 5.69 Å². The van der Waals surface area contributed by atoms with Crippen molar-refractivity contribution >= 4 is 17.6 Å². The summed E-state index contributed by atoms with van der Waals surface area (Å²) in [7, 11) is 0. The quantitative estimate of drug-likeness (QED) is 0.476. The zero-order valence-corrected chi connectivity index (χ0v) is 6.61. The van der Waals surface area contributed by atoms with Gasteiger partial charge in [0.1, 0.15) is 0 Å². The van der Waals surface area contributed by atoms with Crippen LogP contribution in [-0.4, -0.2) is 0 Å². The molecular weight excluding hydrogens is 144 g/mol. The van der Waals surface area contributed by atoms with Gasteiger partial charge in [-0.05, 0) is 30.5 Å². The van der Waals surface area contributed by atoms with Crippen LogP contribution in [0.1, 0.15) is 5.56 Å². The first-order valence-electron chi connectivity index (χ1n) is 2.97. The van der Waals surface area contributed by atoms with Crippen molar-refractivity contribution in [3.8, 4) is 0 Å². The zero-order valence-electron chi connectivity index (χ0n) is 5.79. The Bertz CT molecular complexity index is 215. The summed E-state index contributed by atoms with van der Waals surface area (Å²) in [4.78, 5) is 0.975. The van der Waals surface area contributed by atoms with Gasteiger partial charge in [0.05, 0.1) is 0 Å². The van der Waals surface area contributed by atoms with E-state index < -0.39 is 0 Å². The van der Waals surface area contributed by atoms with Crippen LogP contribution in [0.15, 0.2) is 23.1 Å². The molecule has 1 aromatic rings. The zero-order chi connectivity index (χ0) is 7.56. The molecule has 0 aliphatic heterocycles. The van der Waals surface area contributed by atoms with E-state index in [0.29, 0.717) is 0 Å². The first-order chi connectivity index (χ1) is 4.75. The fourth-order valence-corrected chi connectivity index (χ4v) is 1.29. The van der Waals surface area contributed by atoms with Crippen molar-refractivity contribution in [2.75, 3.05) is 5.73 Å². The van der Waals surface area contributed by atoms with Gasteiger partial charge in [0.15, 0.2) is 0 Å². The molecule has 0 aliphatic carbocycles. The molecule has 54 valence electrons. The van der Waals surface area contributed by atoms with Gasteiger partial charge in [-0.25, -0.2) is 0 Å². The molecule has 0 heterocycles. The standard InChI is InChI=1S/C7H10N2S/c1-5-3-2-4-6(8)7(5)10-9/h2-4H,8-9H2,1H3. The van der Waals surface area contributed by atoms with Gasteiger partial charge in [0.2, 0.25) is 0 Å². The number of nitrogen functional groups attached to an aromatic ring is 1. The number of rotatable bonds is 1. The maximum Gasteiger partial charge on any atom is 0.0484 e. The third-order valence-electron chi connectivity index (χ3n) is 1.36. The largest absolute Gasteiger partial charge is 0.398 e. The summed E-state index contributed by atoms with van der Waals surface area (Å²) >= 11 is 1.20. The lowest BCUT2D eigenvalue weighted by Crippen LogP contribution is -1.92. The molecule has 0 atom stereocenters. The minimum atomic E-state index is 0.757. The van der Waals surface area contributed by atoms with Crippen LogP contribution >= 0.6 is 11.9 Å². The van der Waals surface area contributed by atoms with Crippen LogP contribution < -0.4 is 10.9 Å². The Morgan fingerprint density at radius 3 is 2.50 bits per heavy atom. The SMILES string of the molecule is Cc1cccc(N)c1SN. The molecule has 0 saturated carbocycles. The van der Waals surface area contributed by atoms with E-state index in [-0.39, 0.29) is 0 Å². The second kappa shape index (κ2) is 2.94. The first-order valence-corrected chi connectivity index (χ1v) is 3.85. The second-order valence-electron chi connectivity index (χ2n) is 2.11. The average Bonchev–Trinajstić information content (AvgIpc) is 1.88. The molecule has 0 aliphatic rings. The minimum Gasteiger partial charge on any atom is -0.398 e. The molecule has 10 heavy (non-hydrogen) atoms. The highest BCUT2D eigenvalue weighted by Gasteiger charge is 1.98. The topological polar surface area (TPSA) is 52.0 Å². The molecular formula is C7H10N2S. The van der Waals surface area contributed by atoms with Gasteiger partial charge in [-0.1, -0.05) is 12.1 Å². The van der Waals surface area contributed by atoms with Gasteiger partial charge in [-0.15, -0.1) is 0 Å². The van der Waals surface area contributed by atoms with Crippen molar-refractivity contribution in [1.82, 2.24) is 0 Å². The molecule has 1 aromatic carbocycles. The molecule has 3 heteroatoms. The molecule has 0 saturated heterocycles. The monoisotopic (exact) mass is 154 g/mol. The summed E-state index contributed by atoms with van der Waals surface area (Å²) in [6.45, 7) is 1.99. The van der Waals surface area contributed by atoms with E-state index in [9.17, 15) is 0 Å². The van der Waals surface area contributed by atoms with Crippen LogP contribution in [0.5, 0.6) is 0 Å². The highest BCUT2D eigenvalue weighted by Crippen LogP contribution is 2.23. The Hall–Kier alpha value is -0.670. The lowest BCUT2D eigenvalue weighted by atomic mass is 10.2. The molecule has 0 spiro atoms. The van der Waals surface area contributed by atoms with E-state index in [4.69, 9.17) is 10.9 Å². The predicted octanol–water partition coefficient (Wildman–Crippen LogP) is 1.54. The summed E-state index contributed by atoms with van der Waals surface area (Å²) in [6, 6.07) is 5.76. The molecule has 0 unspecified atom stereocenters. The molecule has 4 N–H and O–H groups in total. The molecule has 0 aromatic heterocycles. The van der Waals surface area contributed by atoms with E-state index in [1.54, 1.807) is 0 Å². The highest BCUT2D eigenvalue weighted by atomic mass is 32.2. The van der Waals surface area contributed by atoms with Gasteiger partial charge in [-0.3, -0.25) is 5.14 Å². The third kappa shape index (κ3) is 1.25. The smallest absolute Gasteiger partial charge is 0.0484 e. The van der Waals surface area contributed by atoms with Gasteiger partial charge in [-0.2, -0.15) is 0 Å². The molecule has 2 nitrogen and oxygen atoms in total. The van der Waals surface area contributed by atoms with Gasteiger partial charge < -0.3 is 5.73 Å². The summed E-state index contributed by atoms with van der Waals surface area (Å²) in [5.74, 6) is 0. The number of anilines is 1. The van der Waals surface area contributed by atoms with Crippen molar-refractivity contribution in [2.45, 2.75) is 11.8 Å². The summed E-state index contributed by atoms with van der Waals surface area (Å²) < 4.78 is 0. The minimum absolute atomic E-state index is 0.757. The van der Waals surface area contributed by atoms with Crippen molar-refractivity contribution < 1.29 is 0 Å². The Kier molecular flexibility index (Phi) is 2.19. The van der Waals surface area contributed by atoms with Crippen LogP contribution in [0.3, 0.4) is 0 Å². The van der Waals surface area contributed by atoms with Crippen LogP contribution in [0, 0.1) is 6.92 Å². The van der Waals surface area contributed by atoms with Crippen LogP contribution in [0.2, 0.25) is 0 Å². The summed E-state index contributed by atoms with van der Waals surface area (Å²) in [5.41, 5.74) is 7.52. The van der Waals surface area contributed by atoms with Gasteiger partial charge >= 0.3 is 0 Å². The first kappa shape index (κ1) is 7.44. The van der Waals surface area contributed by atoms with Crippen molar-refractivity contribution in [3.05, 3.63) is 23.8 Å². The third-order valence-corrected chi connectivity index (χ3v) is 2.15. The molecule has 1 rings (SSSR count). The second-order valence-corrected chi connectivity index (χ2v) is 2.76. The maximum absolute atomic E-state index is 5.63. The van der Waals surface area contributed by atoms with Gasteiger partial charge in [0.25, 0.3) is 0 Å². The lowest BCUT2D eigenvalue weighted by Gasteiger charge is -2.03. The average molecular weight is 154 g/mol. The van der Waals surface area contributed by atoms with Crippen molar-refractivity contribution in [3.63, 3.8) is 0 Å². The van der Waals surface area contributed by atoms with E-state index in [2.05, 4.69) is 0 Å². The Morgan fingerprint density at radius 2 is 2.10 bits per heavy atom. The number of aryl methyl sites for hydroxylation is 1. The van der Waals surface area contributed by atoms with Crippen LogP contribution in [0.25, 0.3) is 0 Å². The van der Waals surface area contributed by atoms with Crippen molar-refractivity contribution in [2.24, 2.45) is 5.14 Å². The summed E-state index contributed by atoms with van der Waals surface area (Å²) in [5, 5.41) is 5.39. The van der Waals surface area contributed by atoms with Crippen LogP contribution in [-0.2, 0) is 0 Å². The van der Waals surface area contributed by atoms with Gasteiger partial charge in [0, 0.05) is 10.6 Å². The molecule has 0 radical (unpaired) electrons. The lowest BCUT2D eigenvalue weighted by molar-refractivity contribution is 1.31. The number of hydrogen-bond acceptors (Lipinski definition) is 3. The van der Waals surface area contributed by atoms with E-state index in [0.717, 1.165) is 16.1 Å². The fourth-order valence-electron chi connectivity index (χ4n) is 0.836.